The Kier molecular flexibility index (Phi) is 7.69. The predicted molar refractivity (Wildman–Crippen MR) is 147 cm³/mol. The number of hydrogen-bond acceptors (Lipinski definition) is 6. The van der Waals surface area contributed by atoms with Crippen molar-refractivity contribution in [2.75, 3.05) is 13.2 Å². The first-order valence-corrected chi connectivity index (χ1v) is 13.4. The van der Waals surface area contributed by atoms with Crippen molar-refractivity contribution < 1.29 is 24.1 Å². The van der Waals surface area contributed by atoms with Crippen LogP contribution in [0.1, 0.15) is 51.7 Å². The molecule has 1 amide bonds. The van der Waals surface area contributed by atoms with E-state index < -0.39 is 23.1 Å². The van der Waals surface area contributed by atoms with E-state index in [0.29, 0.717) is 21.8 Å². The van der Waals surface area contributed by atoms with E-state index in [2.05, 4.69) is 9.97 Å². The standard InChI is InChI=1S/C29H27Cl2FN4O4/c1-3-28(39,24-16-35(2)17-34-24)20-12-22-26(23(32)13-20)29(40-11-10-37,19-5-7-21(30)8-6-19)36(27(22)38)15-18-4-9-25(31)33-14-18/h4-9,12-14,16-17,37,39H,3,10-11,15H2,1-2H3/t28?,29-/m1/s1. The summed E-state index contributed by atoms with van der Waals surface area (Å²) < 4.78 is 24.4. The molecule has 8 nitrogen and oxygen atoms in total. The molecule has 2 N–H and O–H groups in total. The van der Waals surface area contributed by atoms with Crippen LogP contribution < -0.4 is 0 Å². The molecule has 1 aliphatic rings. The summed E-state index contributed by atoms with van der Waals surface area (Å²) in [6.45, 7) is 1.17. The Labute approximate surface area is 240 Å². The Hall–Kier alpha value is -3.34. The fraction of sp³-hybridized carbons (Fsp3) is 0.276. The van der Waals surface area contributed by atoms with Gasteiger partial charge in [0.1, 0.15) is 16.6 Å². The first kappa shape index (κ1) is 28.2. The number of aliphatic hydroxyl groups is 2. The van der Waals surface area contributed by atoms with Gasteiger partial charge in [0, 0.05) is 30.0 Å². The highest BCUT2D eigenvalue weighted by Gasteiger charge is 2.55. The lowest BCUT2D eigenvalue weighted by Gasteiger charge is -2.39. The number of ether oxygens (including phenoxy) is 1. The second kappa shape index (κ2) is 10.9. The van der Waals surface area contributed by atoms with Crippen molar-refractivity contribution >= 4 is 29.1 Å². The number of amides is 1. The number of rotatable bonds is 9. The lowest BCUT2D eigenvalue weighted by Crippen LogP contribution is -2.47. The van der Waals surface area contributed by atoms with Crippen LogP contribution in [0.25, 0.3) is 0 Å². The molecule has 3 heterocycles. The van der Waals surface area contributed by atoms with Gasteiger partial charge in [-0.3, -0.25) is 9.69 Å². The fourth-order valence-electron chi connectivity index (χ4n) is 5.21. The van der Waals surface area contributed by atoms with E-state index in [9.17, 15) is 15.0 Å². The van der Waals surface area contributed by atoms with Crippen LogP contribution in [0.5, 0.6) is 0 Å². The molecule has 0 spiro atoms. The number of hydrogen-bond donors (Lipinski definition) is 2. The van der Waals surface area contributed by atoms with Gasteiger partial charge in [-0.1, -0.05) is 48.3 Å². The molecular weight excluding hydrogens is 558 g/mol. The molecule has 1 aliphatic heterocycles. The lowest BCUT2D eigenvalue weighted by molar-refractivity contribution is -0.120. The zero-order valence-corrected chi connectivity index (χ0v) is 23.3. The highest BCUT2D eigenvalue weighted by molar-refractivity contribution is 6.30. The van der Waals surface area contributed by atoms with Crippen LogP contribution in [-0.2, 0) is 29.7 Å². The minimum absolute atomic E-state index is 0.0151. The average Bonchev–Trinajstić information content (AvgIpc) is 3.49. The summed E-state index contributed by atoms with van der Waals surface area (Å²) in [4.78, 5) is 24.0. The highest BCUT2D eigenvalue weighted by Crippen LogP contribution is 2.49. The molecule has 2 atom stereocenters. The highest BCUT2D eigenvalue weighted by atomic mass is 35.5. The van der Waals surface area contributed by atoms with Crippen molar-refractivity contribution in [3.8, 4) is 0 Å². The van der Waals surface area contributed by atoms with Crippen molar-refractivity contribution in [1.29, 1.82) is 0 Å². The summed E-state index contributed by atoms with van der Waals surface area (Å²) in [6, 6.07) is 12.6. The van der Waals surface area contributed by atoms with E-state index >= 15 is 4.39 Å². The Morgan fingerprint density at radius 2 is 1.88 bits per heavy atom. The Balaban J connectivity index is 1.75. The Bertz CT molecular complexity index is 1550. The van der Waals surface area contributed by atoms with Crippen LogP contribution in [0.4, 0.5) is 4.39 Å². The molecule has 0 radical (unpaired) electrons. The monoisotopic (exact) mass is 584 g/mol. The quantitative estimate of drug-likeness (QED) is 0.275. The SMILES string of the molecule is CCC(O)(c1cc(F)c2c(c1)C(=O)N(Cc1ccc(Cl)nc1)[C@@]2(OCCO)c1ccc(Cl)cc1)c1cn(C)cn1. The number of pyridine rings is 1. The van der Waals surface area contributed by atoms with Crippen LogP contribution in [0, 0.1) is 5.82 Å². The maximum absolute atomic E-state index is 16.5. The van der Waals surface area contributed by atoms with Gasteiger partial charge in [0.05, 0.1) is 42.9 Å². The van der Waals surface area contributed by atoms with E-state index in [1.165, 1.54) is 23.2 Å². The van der Waals surface area contributed by atoms with Crippen LogP contribution in [-0.4, -0.2) is 48.8 Å². The molecule has 0 fully saturated rings. The van der Waals surface area contributed by atoms with Gasteiger partial charge in [-0.2, -0.15) is 0 Å². The molecule has 11 heteroatoms. The number of carbonyl (C=O) groups is 1. The van der Waals surface area contributed by atoms with Crippen molar-refractivity contribution in [2.24, 2.45) is 7.05 Å². The third kappa shape index (κ3) is 4.67. The number of nitrogens with zero attached hydrogens (tertiary/aromatic N) is 4. The van der Waals surface area contributed by atoms with Gasteiger partial charge >= 0.3 is 0 Å². The van der Waals surface area contributed by atoms with Crippen molar-refractivity contribution in [3.05, 3.63) is 117 Å². The lowest BCUT2D eigenvalue weighted by atomic mass is 9.84. The van der Waals surface area contributed by atoms with E-state index in [1.807, 2.05) is 0 Å². The average molecular weight is 585 g/mol. The summed E-state index contributed by atoms with van der Waals surface area (Å²) in [5.74, 6) is -1.29. The van der Waals surface area contributed by atoms with E-state index in [-0.39, 0.29) is 48.0 Å². The molecule has 208 valence electrons. The topological polar surface area (TPSA) is 101 Å². The van der Waals surface area contributed by atoms with Crippen LogP contribution in [0.2, 0.25) is 10.2 Å². The first-order valence-electron chi connectivity index (χ1n) is 12.6. The molecule has 0 bridgehead atoms. The number of carbonyl (C=O) groups excluding carboxylic acids is 1. The van der Waals surface area contributed by atoms with Gasteiger partial charge in [-0.05, 0) is 47.9 Å². The van der Waals surface area contributed by atoms with Crippen molar-refractivity contribution in [2.45, 2.75) is 31.2 Å². The predicted octanol–water partition coefficient (Wildman–Crippen LogP) is 4.77. The van der Waals surface area contributed by atoms with Crippen molar-refractivity contribution in [1.82, 2.24) is 19.4 Å². The molecule has 2 aromatic carbocycles. The number of benzene rings is 2. The molecular formula is C29H27Cl2FN4O4. The number of imidazole rings is 1. The number of aromatic nitrogens is 3. The summed E-state index contributed by atoms with van der Waals surface area (Å²) in [7, 11) is 1.77. The molecule has 1 unspecified atom stereocenters. The fourth-order valence-corrected chi connectivity index (χ4v) is 5.45. The molecule has 0 saturated carbocycles. The van der Waals surface area contributed by atoms with E-state index in [4.69, 9.17) is 27.9 Å². The molecule has 5 rings (SSSR count). The van der Waals surface area contributed by atoms with Gasteiger partial charge in [-0.15, -0.1) is 0 Å². The summed E-state index contributed by atoms with van der Waals surface area (Å²) in [6.07, 6.45) is 4.90. The molecule has 2 aromatic heterocycles. The van der Waals surface area contributed by atoms with Gasteiger partial charge in [0.15, 0.2) is 5.72 Å². The third-order valence-corrected chi connectivity index (χ3v) is 7.65. The summed E-state index contributed by atoms with van der Waals surface area (Å²) >= 11 is 12.1. The molecule has 40 heavy (non-hydrogen) atoms. The molecule has 0 aliphatic carbocycles. The number of aliphatic hydroxyl groups excluding tert-OH is 1. The maximum atomic E-state index is 16.5. The normalized spacial score (nSPS) is 18.2. The minimum atomic E-state index is -1.75. The van der Waals surface area contributed by atoms with E-state index in [0.717, 1.165) is 0 Å². The zero-order chi connectivity index (χ0) is 28.7. The summed E-state index contributed by atoms with van der Waals surface area (Å²) in [5, 5.41) is 22.1. The third-order valence-electron chi connectivity index (χ3n) is 7.17. The van der Waals surface area contributed by atoms with Gasteiger partial charge in [0.25, 0.3) is 5.91 Å². The first-order chi connectivity index (χ1) is 19.1. The van der Waals surface area contributed by atoms with E-state index in [1.54, 1.807) is 67.5 Å². The van der Waals surface area contributed by atoms with Gasteiger partial charge in [0.2, 0.25) is 0 Å². The maximum Gasteiger partial charge on any atom is 0.257 e. The Morgan fingerprint density at radius 3 is 2.48 bits per heavy atom. The number of fused-ring (bicyclic) bond motifs is 1. The van der Waals surface area contributed by atoms with Gasteiger partial charge in [-0.25, -0.2) is 14.4 Å². The van der Waals surface area contributed by atoms with Crippen molar-refractivity contribution in [3.63, 3.8) is 0 Å². The van der Waals surface area contributed by atoms with Gasteiger partial charge < -0.3 is 19.5 Å². The molecule has 0 saturated heterocycles. The molecule has 4 aromatic rings. The van der Waals surface area contributed by atoms with Crippen LogP contribution in [0.3, 0.4) is 0 Å². The zero-order valence-electron chi connectivity index (χ0n) is 21.8. The van der Waals surface area contributed by atoms with Crippen LogP contribution >= 0.6 is 23.2 Å². The Morgan fingerprint density at radius 1 is 1.12 bits per heavy atom. The summed E-state index contributed by atoms with van der Waals surface area (Å²) in [5.41, 5.74) is -1.85. The smallest absolute Gasteiger partial charge is 0.257 e. The minimum Gasteiger partial charge on any atom is -0.394 e. The van der Waals surface area contributed by atoms with Crippen LogP contribution in [0.15, 0.2) is 67.3 Å². The second-order valence-corrected chi connectivity index (χ2v) is 10.4. The number of aryl methyl sites for hydroxylation is 1. The number of halogens is 3. The largest absolute Gasteiger partial charge is 0.394 e. The second-order valence-electron chi connectivity index (χ2n) is 9.62.